The van der Waals surface area contributed by atoms with Crippen LogP contribution in [0.2, 0.25) is 0 Å². The first-order valence-electron chi connectivity index (χ1n) is 8.58. The molecule has 1 aliphatic carbocycles. The smallest absolute Gasteiger partial charge is 0.380 e. The highest BCUT2D eigenvalue weighted by Gasteiger charge is 2.46. The number of halogens is 6. The lowest BCUT2D eigenvalue weighted by Crippen LogP contribution is -2.37. The number of hydrogen-bond donors (Lipinski definition) is 3. The van der Waals surface area contributed by atoms with Crippen LogP contribution in [-0.4, -0.2) is 49.9 Å². The molecule has 0 aromatic carbocycles. The van der Waals surface area contributed by atoms with Gasteiger partial charge in [-0.3, -0.25) is 4.84 Å². The van der Waals surface area contributed by atoms with Gasteiger partial charge in [0.2, 0.25) is 5.95 Å². The Bertz CT molecular complexity index is 778. The predicted octanol–water partition coefficient (Wildman–Crippen LogP) is 3.85. The number of nitrogens with one attached hydrogen (secondary N) is 2. The first-order chi connectivity index (χ1) is 13.1. The summed E-state index contributed by atoms with van der Waals surface area (Å²) >= 11 is 0. The highest BCUT2D eigenvalue weighted by atomic mass is 19.4. The van der Waals surface area contributed by atoms with Gasteiger partial charge in [0.1, 0.15) is 11.9 Å². The zero-order valence-electron chi connectivity index (χ0n) is 16.0. The van der Waals surface area contributed by atoms with Gasteiger partial charge in [0.25, 0.3) is 11.9 Å². The minimum Gasteiger partial charge on any atom is -0.380 e. The minimum atomic E-state index is -4.63. The van der Waals surface area contributed by atoms with Crippen LogP contribution in [0.1, 0.15) is 46.4 Å². The van der Waals surface area contributed by atoms with E-state index in [2.05, 4.69) is 20.4 Å². The molecule has 2 atom stereocenters. The van der Waals surface area contributed by atoms with E-state index in [1.807, 2.05) is 5.32 Å². The highest BCUT2D eigenvalue weighted by Crippen LogP contribution is 2.41. The Hall–Kier alpha value is -2.15. The Labute approximate surface area is 162 Å². The minimum absolute atomic E-state index is 0.367. The van der Waals surface area contributed by atoms with Crippen molar-refractivity contribution in [2.75, 3.05) is 10.8 Å². The van der Waals surface area contributed by atoms with Crippen LogP contribution in [-0.2, 0) is 4.84 Å². The van der Waals surface area contributed by atoms with Gasteiger partial charge in [-0.05, 0) is 34.1 Å². The molecule has 1 aromatic rings. The number of rotatable bonds is 5. The van der Waals surface area contributed by atoms with Crippen molar-refractivity contribution in [2.24, 2.45) is 0 Å². The van der Waals surface area contributed by atoms with Crippen LogP contribution in [0.3, 0.4) is 0 Å². The number of nitrogens with zero attached hydrogens (tertiary/aromatic N) is 3. The van der Waals surface area contributed by atoms with Gasteiger partial charge in [-0.1, -0.05) is 0 Å². The topological polar surface area (TPSA) is 92.2 Å². The Morgan fingerprint density at radius 1 is 1.14 bits per heavy atom. The van der Waals surface area contributed by atoms with E-state index in [4.69, 9.17) is 4.84 Å². The maximum atomic E-state index is 14.3. The third-order valence-electron chi connectivity index (χ3n) is 3.83. The van der Waals surface area contributed by atoms with Crippen LogP contribution in [0.25, 0.3) is 5.57 Å². The zero-order valence-corrected chi connectivity index (χ0v) is 16.0. The molecule has 0 aliphatic heterocycles. The molecule has 2 rings (SSSR count). The molecule has 0 saturated carbocycles. The van der Waals surface area contributed by atoms with E-state index in [1.54, 1.807) is 20.8 Å². The molecule has 13 heteroatoms. The number of aliphatic hydroxyl groups excluding tert-OH is 1. The van der Waals surface area contributed by atoms with Crippen molar-refractivity contribution in [1.82, 2.24) is 15.0 Å². The quantitative estimate of drug-likeness (QED) is 0.484. The van der Waals surface area contributed by atoms with Gasteiger partial charge in [0, 0.05) is 12.0 Å². The summed E-state index contributed by atoms with van der Waals surface area (Å²) in [5.74, 6) is -6.67. The Kier molecular flexibility index (Phi) is 6.33. The first kappa shape index (κ1) is 23.1. The lowest BCUT2D eigenvalue weighted by atomic mass is 9.92. The van der Waals surface area contributed by atoms with E-state index in [9.17, 15) is 31.4 Å². The lowest BCUT2D eigenvalue weighted by molar-refractivity contribution is -0.138. The standard InChI is InChI=1S/C16H21F6N5O2/c1-7(16(20,21)22)23-12-24-11(25-13(26-12)27-29-14(2,3)4)8-5-6-15(18,19)10(28)9(8)17/h7,10,28H,5-6H2,1-4H3,(H2,23,24,25,26,27). The predicted molar refractivity (Wildman–Crippen MR) is 91.6 cm³/mol. The number of alkyl halides is 5. The van der Waals surface area contributed by atoms with Gasteiger partial charge in [-0.15, -0.1) is 0 Å². The van der Waals surface area contributed by atoms with Crippen molar-refractivity contribution in [3.63, 3.8) is 0 Å². The van der Waals surface area contributed by atoms with Gasteiger partial charge in [0.15, 0.2) is 11.9 Å². The summed E-state index contributed by atoms with van der Waals surface area (Å²) in [7, 11) is 0. The first-order valence-corrected chi connectivity index (χ1v) is 8.58. The van der Waals surface area contributed by atoms with E-state index >= 15 is 0 Å². The van der Waals surface area contributed by atoms with Crippen molar-refractivity contribution < 1.29 is 36.3 Å². The molecule has 0 saturated heterocycles. The molecule has 1 aromatic heterocycles. The fraction of sp³-hybridized carbons (Fsp3) is 0.688. The number of aromatic nitrogens is 3. The summed E-state index contributed by atoms with van der Waals surface area (Å²) in [5.41, 5.74) is 1.13. The third-order valence-corrected chi connectivity index (χ3v) is 3.83. The van der Waals surface area contributed by atoms with E-state index in [0.717, 1.165) is 6.92 Å². The van der Waals surface area contributed by atoms with Crippen LogP contribution in [0.5, 0.6) is 0 Å². The molecule has 3 N–H and O–H groups in total. The molecule has 0 radical (unpaired) electrons. The fourth-order valence-corrected chi connectivity index (χ4v) is 2.21. The van der Waals surface area contributed by atoms with Crippen molar-refractivity contribution in [1.29, 1.82) is 0 Å². The van der Waals surface area contributed by atoms with E-state index in [1.165, 1.54) is 0 Å². The summed E-state index contributed by atoms with van der Waals surface area (Å²) in [6.45, 7) is 5.80. The molecule has 2 unspecified atom stereocenters. The van der Waals surface area contributed by atoms with Crippen LogP contribution in [0.4, 0.5) is 38.2 Å². The van der Waals surface area contributed by atoms with Crippen molar-refractivity contribution in [3.8, 4) is 0 Å². The van der Waals surface area contributed by atoms with Gasteiger partial charge < -0.3 is 10.4 Å². The van der Waals surface area contributed by atoms with Gasteiger partial charge in [0.05, 0.1) is 5.60 Å². The molecule has 0 fully saturated rings. The Morgan fingerprint density at radius 3 is 2.28 bits per heavy atom. The normalized spacial score (nSPS) is 21.1. The van der Waals surface area contributed by atoms with Crippen molar-refractivity contribution in [2.45, 2.75) is 70.4 Å². The number of aliphatic hydroxyl groups is 1. The maximum Gasteiger partial charge on any atom is 0.408 e. The summed E-state index contributed by atoms with van der Waals surface area (Å²) in [6, 6.07) is -2.06. The molecule has 0 spiro atoms. The third kappa shape index (κ3) is 5.92. The average molecular weight is 429 g/mol. The maximum absolute atomic E-state index is 14.3. The largest absolute Gasteiger partial charge is 0.408 e. The van der Waals surface area contributed by atoms with Gasteiger partial charge >= 0.3 is 6.18 Å². The second-order valence-corrected chi connectivity index (χ2v) is 7.52. The zero-order chi connectivity index (χ0) is 22.2. The monoisotopic (exact) mass is 429 g/mol. The summed E-state index contributed by atoms with van der Waals surface area (Å²) in [5, 5.41) is 11.5. The number of hydrogen-bond acceptors (Lipinski definition) is 7. The molecule has 0 amide bonds. The summed E-state index contributed by atoms with van der Waals surface area (Å²) in [4.78, 5) is 16.5. The Morgan fingerprint density at radius 2 is 1.72 bits per heavy atom. The van der Waals surface area contributed by atoms with E-state index < -0.39 is 65.9 Å². The molecule has 1 aliphatic rings. The van der Waals surface area contributed by atoms with Gasteiger partial charge in [-0.2, -0.15) is 28.1 Å². The molecular weight excluding hydrogens is 408 g/mol. The second kappa shape index (κ2) is 7.94. The number of anilines is 2. The SMILES string of the molecule is CC(Nc1nc(NOC(C)(C)C)nc(C2=C(F)C(O)C(F)(F)CC2)n1)C(F)(F)F. The molecular formula is C16H21F6N5O2. The summed E-state index contributed by atoms with van der Waals surface area (Å²) < 4.78 is 79.8. The molecule has 7 nitrogen and oxygen atoms in total. The van der Waals surface area contributed by atoms with Crippen molar-refractivity contribution >= 4 is 17.5 Å². The summed E-state index contributed by atoms with van der Waals surface area (Å²) in [6.07, 6.45) is -8.74. The molecule has 0 bridgehead atoms. The van der Waals surface area contributed by atoms with Gasteiger partial charge in [-0.25, -0.2) is 18.7 Å². The Balaban J connectivity index is 2.45. The second-order valence-electron chi connectivity index (χ2n) is 7.52. The van der Waals surface area contributed by atoms with Crippen molar-refractivity contribution in [3.05, 3.63) is 11.7 Å². The molecule has 29 heavy (non-hydrogen) atoms. The van der Waals surface area contributed by atoms with Crippen LogP contribution >= 0.6 is 0 Å². The van der Waals surface area contributed by atoms with Crippen LogP contribution in [0, 0.1) is 0 Å². The lowest BCUT2D eigenvalue weighted by Gasteiger charge is -2.28. The van der Waals surface area contributed by atoms with E-state index in [-0.39, 0.29) is 5.95 Å². The van der Waals surface area contributed by atoms with Crippen LogP contribution < -0.4 is 10.8 Å². The molecule has 164 valence electrons. The number of allylic oxidation sites excluding steroid dienone is 1. The average Bonchev–Trinajstić information content (AvgIpc) is 2.56. The van der Waals surface area contributed by atoms with Crippen LogP contribution in [0.15, 0.2) is 5.83 Å². The van der Waals surface area contributed by atoms with E-state index in [0.29, 0.717) is 0 Å². The fourth-order valence-electron chi connectivity index (χ4n) is 2.21. The highest BCUT2D eigenvalue weighted by molar-refractivity contribution is 5.65. The molecule has 1 heterocycles.